The Labute approximate surface area is 111 Å². The fraction of sp³-hybridized carbons (Fsp3) is 0.625. The SMILES string of the molecule is C=C(C#CC1CCCCC1)C=C(C)C(O)CCN. The number of nitrogens with two attached hydrogens (primary N) is 1. The van der Waals surface area contributed by atoms with Gasteiger partial charge in [0.05, 0.1) is 6.10 Å². The highest BCUT2D eigenvalue weighted by Crippen LogP contribution is 2.22. The van der Waals surface area contributed by atoms with E-state index in [1.165, 1.54) is 32.1 Å². The summed E-state index contributed by atoms with van der Waals surface area (Å²) in [6, 6.07) is 0. The number of hydrogen-bond donors (Lipinski definition) is 2. The molecule has 0 aromatic rings. The van der Waals surface area contributed by atoms with Crippen LogP contribution < -0.4 is 5.73 Å². The number of aliphatic hydroxyl groups excluding tert-OH is 1. The Balaban J connectivity index is 2.49. The second kappa shape index (κ2) is 8.13. The summed E-state index contributed by atoms with van der Waals surface area (Å²) in [7, 11) is 0. The van der Waals surface area contributed by atoms with E-state index in [1.807, 2.05) is 13.0 Å². The summed E-state index contributed by atoms with van der Waals surface area (Å²) in [6.45, 7) is 6.32. The van der Waals surface area contributed by atoms with Crippen LogP contribution in [0.2, 0.25) is 0 Å². The summed E-state index contributed by atoms with van der Waals surface area (Å²) in [5.41, 5.74) is 7.09. The molecular weight excluding hydrogens is 222 g/mol. The van der Waals surface area contributed by atoms with Crippen LogP contribution in [0.15, 0.2) is 23.8 Å². The zero-order chi connectivity index (χ0) is 13.4. The van der Waals surface area contributed by atoms with Crippen molar-refractivity contribution in [3.05, 3.63) is 23.8 Å². The van der Waals surface area contributed by atoms with Gasteiger partial charge in [-0.15, -0.1) is 0 Å². The molecule has 100 valence electrons. The minimum Gasteiger partial charge on any atom is -0.389 e. The molecule has 1 fully saturated rings. The average Bonchev–Trinajstić information content (AvgIpc) is 2.38. The Morgan fingerprint density at radius 3 is 2.72 bits per heavy atom. The van der Waals surface area contributed by atoms with E-state index in [1.54, 1.807) is 0 Å². The molecule has 0 heterocycles. The van der Waals surface area contributed by atoms with Crippen LogP contribution in [0.1, 0.15) is 45.4 Å². The van der Waals surface area contributed by atoms with E-state index in [0.717, 1.165) is 11.1 Å². The third-order valence-corrected chi connectivity index (χ3v) is 3.41. The molecule has 1 unspecified atom stereocenters. The molecule has 0 amide bonds. The van der Waals surface area contributed by atoms with E-state index >= 15 is 0 Å². The Morgan fingerprint density at radius 2 is 2.11 bits per heavy atom. The van der Waals surface area contributed by atoms with E-state index < -0.39 is 6.10 Å². The Morgan fingerprint density at radius 1 is 1.44 bits per heavy atom. The third-order valence-electron chi connectivity index (χ3n) is 3.41. The Kier molecular flexibility index (Phi) is 6.78. The number of hydrogen-bond acceptors (Lipinski definition) is 2. The van der Waals surface area contributed by atoms with Crippen molar-refractivity contribution in [3.8, 4) is 11.8 Å². The summed E-state index contributed by atoms with van der Waals surface area (Å²) in [5, 5.41) is 9.75. The van der Waals surface area contributed by atoms with Crippen LogP contribution in [0.3, 0.4) is 0 Å². The van der Waals surface area contributed by atoms with Gasteiger partial charge in [-0.1, -0.05) is 37.7 Å². The molecule has 18 heavy (non-hydrogen) atoms. The molecule has 0 aromatic carbocycles. The molecule has 1 atom stereocenters. The molecule has 0 radical (unpaired) electrons. The lowest BCUT2D eigenvalue weighted by atomic mass is 9.89. The van der Waals surface area contributed by atoms with Crippen LogP contribution in [-0.2, 0) is 0 Å². The fourth-order valence-electron chi connectivity index (χ4n) is 2.23. The molecule has 1 aliphatic carbocycles. The van der Waals surface area contributed by atoms with Crippen LogP contribution in [0.25, 0.3) is 0 Å². The highest BCUT2D eigenvalue weighted by Gasteiger charge is 2.10. The predicted molar refractivity (Wildman–Crippen MR) is 76.9 cm³/mol. The highest BCUT2D eigenvalue weighted by atomic mass is 16.3. The lowest BCUT2D eigenvalue weighted by Crippen LogP contribution is -2.14. The van der Waals surface area contributed by atoms with Gasteiger partial charge in [0.1, 0.15) is 0 Å². The maximum Gasteiger partial charge on any atom is 0.0762 e. The number of rotatable bonds is 4. The van der Waals surface area contributed by atoms with E-state index in [2.05, 4.69) is 18.4 Å². The molecule has 2 nitrogen and oxygen atoms in total. The van der Waals surface area contributed by atoms with Crippen LogP contribution in [0.5, 0.6) is 0 Å². The van der Waals surface area contributed by atoms with Gasteiger partial charge in [-0.25, -0.2) is 0 Å². The predicted octanol–water partition coefficient (Wildman–Crippen LogP) is 2.78. The summed E-state index contributed by atoms with van der Waals surface area (Å²) >= 11 is 0. The van der Waals surface area contributed by atoms with Crippen molar-refractivity contribution in [2.24, 2.45) is 11.7 Å². The largest absolute Gasteiger partial charge is 0.389 e. The molecule has 3 N–H and O–H groups in total. The van der Waals surface area contributed by atoms with Gasteiger partial charge < -0.3 is 10.8 Å². The summed E-state index contributed by atoms with van der Waals surface area (Å²) in [4.78, 5) is 0. The smallest absolute Gasteiger partial charge is 0.0762 e. The second-order valence-corrected chi connectivity index (χ2v) is 5.11. The van der Waals surface area contributed by atoms with Gasteiger partial charge in [0.15, 0.2) is 0 Å². The molecular formula is C16H25NO. The van der Waals surface area contributed by atoms with Gasteiger partial charge in [0.2, 0.25) is 0 Å². The van der Waals surface area contributed by atoms with Gasteiger partial charge >= 0.3 is 0 Å². The standard InChI is InChI=1S/C16H25NO/c1-13(12-14(2)16(18)10-11-17)8-9-15-6-4-3-5-7-15/h12,15-16,18H,1,3-7,10-11,17H2,2H3. The van der Waals surface area contributed by atoms with Crippen molar-refractivity contribution in [2.45, 2.75) is 51.6 Å². The van der Waals surface area contributed by atoms with Crippen LogP contribution in [0, 0.1) is 17.8 Å². The van der Waals surface area contributed by atoms with Gasteiger partial charge in [-0.2, -0.15) is 0 Å². The quantitative estimate of drug-likeness (QED) is 0.593. The normalized spacial score (nSPS) is 18.9. The highest BCUT2D eigenvalue weighted by molar-refractivity contribution is 5.38. The maximum atomic E-state index is 9.75. The van der Waals surface area contributed by atoms with Crippen LogP contribution >= 0.6 is 0 Å². The van der Waals surface area contributed by atoms with E-state index in [-0.39, 0.29) is 0 Å². The minimum atomic E-state index is -0.469. The average molecular weight is 247 g/mol. The first-order valence-corrected chi connectivity index (χ1v) is 6.90. The number of aliphatic hydroxyl groups is 1. The third kappa shape index (κ3) is 5.53. The maximum absolute atomic E-state index is 9.75. The first kappa shape index (κ1) is 15.0. The molecule has 1 aliphatic rings. The van der Waals surface area contributed by atoms with Crippen molar-refractivity contribution >= 4 is 0 Å². The monoisotopic (exact) mass is 247 g/mol. The second-order valence-electron chi connectivity index (χ2n) is 5.11. The first-order valence-electron chi connectivity index (χ1n) is 6.90. The number of allylic oxidation sites excluding steroid dienone is 2. The summed E-state index contributed by atoms with van der Waals surface area (Å²) in [5.74, 6) is 6.95. The first-order chi connectivity index (χ1) is 8.63. The van der Waals surface area contributed by atoms with Crippen molar-refractivity contribution < 1.29 is 5.11 Å². The van der Waals surface area contributed by atoms with Crippen LogP contribution in [-0.4, -0.2) is 17.8 Å². The van der Waals surface area contributed by atoms with E-state index in [9.17, 15) is 5.11 Å². The zero-order valence-corrected chi connectivity index (χ0v) is 11.4. The van der Waals surface area contributed by atoms with Crippen LogP contribution in [0.4, 0.5) is 0 Å². The van der Waals surface area contributed by atoms with Gasteiger partial charge in [0, 0.05) is 11.5 Å². The van der Waals surface area contributed by atoms with Gasteiger partial charge in [-0.3, -0.25) is 0 Å². The molecule has 2 heteroatoms. The van der Waals surface area contributed by atoms with Crippen molar-refractivity contribution in [2.75, 3.05) is 6.54 Å². The molecule has 1 saturated carbocycles. The zero-order valence-electron chi connectivity index (χ0n) is 11.4. The lowest BCUT2D eigenvalue weighted by molar-refractivity contribution is 0.203. The topological polar surface area (TPSA) is 46.2 Å². The van der Waals surface area contributed by atoms with Gasteiger partial charge in [-0.05, 0) is 44.4 Å². The molecule has 0 bridgehead atoms. The van der Waals surface area contributed by atoms with Crippen molar-refractivity contribution in [1.29, 1.82) is 0 Å². The van der Waals surface area contributed by atoms with Crippen molar-refractivity contribution in [1.82, 2.24) is 0 Å². The minimum absolute atomic E-state index is 0.469. The summed E-state index contributed by atoms with van der Waals surface area (Å²) < 4.78 is 0. The van der Waals surface area contributed by atoms with Crippen molar-refractivity contribution in [3.63, 3.8) is 0 Å². The Hall–Kier alpha value is -1.04. The molecule has 0 saturated heterocycles. The molecule has 0 aromatic heterocycles. The van der Waals surface area contributed by atoms with E-state index in [4.69, 9.17) is 5.73 Å². The molecule has 0 aliphatic heterocycles. The molecule has 0 spiro atoms. The molecule has 1 rings (SSSR count). The summed E-state index contributed by atoms with van der Waals surface area (Å²) in [6.07, 6.45) is 8.39. The van der Waals surface area contributed by atoms with Gasteiger partial charge in [0.25, 0.3) is 0 Å². The fourth-order valence-corrected chi connectivity index (χ4v) is 2.23. The lowest BCUT2D eigenvalue weighted by Gasteiger charge is -2.15. The Bertz CT molecular complexity index is 353. The van der Waals surface area contributed by atoms with E-state index in [0.29, 0.717) is 18.9 Å².